The van der Waals surface area contributed by atoms with Crippen molar-refractivity contribution >= 4 is 6.03 Å². The van der Waals surface area contributed by atoms with Gasteiger partial charge >= 0.3 is 6.03 Å². The van der Waals surface area contributed by atoms with Gasteiger partial charge in [-0.2, -0.15) is 0 Å². The molecule has 1 aliphatic rings. The summed E-state index contributed by atoms with van der Waals surface area (Å²) in [7, 11) is 2.18. The van der Waals surface area contributed by atoms with Crippen LogP contribution < -0.4 is 10.6 Å². The third kappa shape index (κ3) is 7.01. The second-order valence-corrected chi connectivity index (χ2v) is 6.45. The Labute approximate surface area is 140 Å². The Morgan fingerprint density at radius 3 is 2.65 bits per heavy atom. The summed E-state index contributed by atoms with van der Waals surface area (Å²) in [5.74, 6) is 0. The van der Waals surface area contributed by atoms with Gasteiger partial charge in [0.25, 0.3) is 0 Å². The molecule has 0 saturated carbocycles. The molecular formula is C18H30N4O. The monoisotopic (exact) mass is 318 g/mol. The number of benzene rings is 1. The number of aryl methyl sites for hydroxylation is 1. The lowest BCUT2D eigenvalue weighted by Crippen LogP contribution is -2.44. The minimum Gasteiger partial charge on any atom is -0.338 e. The van der Waals surface area contributed by atoms with Crippen LogP contribution in [0.25, 0.3) is 0 Å². The van der Waals surface area contributed by atoms with Crippen LogP contribution in [0.2, 0.25) is 0 Å². The number of piperazine rings is 1. The SMILES string of the molecule is Cc1cccc(CNC(=O)NCCCCN2CCN(C)CC2)c1. The zero-order valence-electron chi connectivity index (χ0n) is 14.5. The Bertz CT molecular complexity index is 484. The zero-order chi connectivity index (χ0) is 16.5. The summed E-state index contributed by atoms with van der Waals surface area (Å²) in [5, 5.41) is 5.84. The van der Waals surface area contributed by atoms with E-state index in [1.165, 1.54) is 31.7 Å². The van der Waals surface area contributed by atoms with Crippen LogP contribution in [0.1, 0.15) is 24.0 Å². The molecule has 1 fully saturated rings. The van der Waals surface area contributed by atoms with E-state index < -0.39 is 0 Å². The third-order valence-electron chi connectivity index (χ3n) is 4.32. The van der Waals surface area contributed by atoms with Crippen molar-refractivity contribution in [1.82, 2.24) is 20.4 Å². The molecule has 0 spiro atoms. The van der Waals surface area contributed by atoms with Gasteiger partial charge in [-0.25, -0.2) is 4.79 Å². The van der Waals surface area contributed by atoms with Crippen LogP contribution in [0.15, 0.2) is 24.3 Å². The topological polar surface area (TPSA) is 47.6 Å². The van der Waals surface area contributed by atoms with Crippen LogP contribution in [0.5, 0.6) is 0 Å². The number of amides is 2. The van der Waals surface area contributed by atoms with Crippen LogP contribution in [0.3, 0.4) is 0 Å². The van der Waals surface area contributed by atoms with Gasteiger partial charge in [0.15, 0.2) is 0 Å². The van der Waals surface area contributed by atoms with Gasteiger partial charge in [0, 0.05) is 39.3 Å². The van der Waals surface area contributed by atoms with Crippen molar-refractivity contribution in [3.8, 4) is 0 Å². The maximum absolute atomic E-state index is 11.8. The van der Waals surface area contributed by atoms with Crippen LogP contribution >= 0.6 is 0 Å². The normalized spacial score (nSPS) is 16.3. The Hall–Kier alpha value is -1.59. The highest BCUT2D eigenvalue weighted by Crippen LogP contribution is 2.03. The van der Waals surface area contributed by atoms with Crippen molar-refractivity contribution in [2.45, 2.75) is 26.3 Å². The van der Waals surface area contributed by atoms with Crippen molar-refractivity contribution < 1.29 is 4.79 Å². The molecule has 2 rings (SSSR count). The summed E-state index contributed by atoms with van der Waals surface area (Å²) < 4.78 is 0. The van der Waals surface area contributed by atoms with Gasteiger partial charge in [-0.15, -0.1) is 0 Å². The van der Waals surface area contributed by atoms with Crippen molar-refractivity contribution in [2.75, 3.05) is 46.3 Å². The number of urea groups is 1. The summed E-state index contributed by atoms with van der Waals surface area (Å²) in [6.07, 6.45) is 2.17. The molecule has 1 aromatic carbocycles. The molecule has 23 heavy (non-hydrogen) atoms. The molecule has 0 radical (unpaired) electrons. The first-order valence-electron chi connectivity index (χ1n) is 8.61. The fourth-order valence-corrected chi connectivity index (χ4v) is 2.80. The highest BCUT2D eigenvalue weighted by Gasteiger charge is 2.12. The predicted molar refractivity (Wildman–Crippen MR) is 94.6 cm³/mol. The van der Waals surface area contributed by atoms with E-state index in [1.54, 1.807) is 0 Å². The molecular weight excluding hydrogens is 288 g/mol. The van der Waals surface area contributed by atoms with Crippen molar-refractivity contribution in [2.24, 2.45) is 0 Å². The lowest BCUT2D eigenvalue weighted by atomic mass is 10.1. The number of unbranched alkanes of at least 4 members (excludes halogenated alkanes) is 1. The number of likely N-dealkylation sites (N-methyl/N-ethyl adjacent to an activating group) is 1. The smallest absolute Gasteiger partial charge is 0.315 e. The van der Waals surface area contributed by atoms with Crippen LogP contribution in [0, 0.1) is 6.92 Å². The van der Waals surface area contributed by atoms with Crippen molar-refractivity contribution in [1.29, 1.82) is 0 Å². The molecule has 1 aliphatic heterocycles. The fraction of sp³-hybridized carbons (Fsp3) is 0.611. The van der Waals surface area contributed by atoms with E-state index in [-0.39, 0.29) is 6.03 Å². The molecule has 1 aromatic rings. The number of hydrogen-bond acceptors (Lipinski definition) is 3. The molecule has 0 aliphatic carbocycles. The Morgan fingerprint density at radius 2 is 1.91 bits per heavy atom. The number of nitrogens with one attached hydrogen (secondary N) is 2. The van der Waals surface area contributed by atoms with Gasteiger partial charge in [-0.05, 0) is 38.9 Å². The summed E-state index contributed by atoms with van der Waals surface area (Å²) in [6, 6.07) is 8.12. The van der Waals surface area contributed by atoms with Gasteiger partial charge in [-0.3, -0.25) is 0 Å². The van der Waals surface area contributed by atoms with Gasteiger partial charge in [0.05, 0.1) is 0 Å². The summed E-state index contributed by atoms with van der Waals surface area (Å²) in [5.41, 5.74) is 2.35. The minimum atomic E-state index is -0.0777. The van der Waals surface area contributed by atoms with E-state index in [2.05, 4.69) is 46.5 Å². The van der Waals surface area contributed by atoms with E-state index in [0.29, 0.717) is 6.54 Å². The third-order valence-corrected chi connectivity index (χ3v) is 4.32. The van der Waals surface area contributed by atoms with Crippen LogP contribution in [-0.2, 0) is 6.54 Å². The first-order valence-corrected chi connectivity index (χ1v) is 8.61. The molecule has 5 nitrogen and oxygen atoms in total. The van der Waals surface area contributed by atoms with E-state index in [1.807, 2.05) is 12.1 Å². The second kappa shape index (κ2) is 9.53. The zero-order valence-corrected chi connectivity index (χ0v) is 14.5. The molecule has 1 heterocycles. The van der Waals surface area contributed by atoms with Crippen LogP contribution in [0.4, 0.5) is 4.79 Å². The standard InChI is InChI=1S/C18H30N4O/c1-16-6-5-7-17(14-16)15-20-18(23)19-8-3-4-9-22-12-10-21(2)11-13-22/h5-7,14H,3-4,8-13,15H2,1-2H3,(H2,19,20,23). The molecule has 128 valence electrons. The number of rotatable bonds is 7. The number of carbonyl (C=O) groups is 1. The molecule has 5 heteroatoms. The van der Waals surface area contributed by atoms with Gasteiger partial charge in [0.2, 0.25) is 0 Å². The number of hydrogen-bond donors (Lipinski definition) is 2. The number of nitrogens with zero attached hydrogens (tertiary/aromatic N) is 2. The maximum Gasteiger partial charge on any atom is 0.315 e. The summed E-state index contributed by atoms with van der Waals surface area (Å²) in [4.78, 5) is 16.6. The lowest BCUT2D eigenvalue weighted by Gasteiger charge is -2.32. The largest absolute Gasteiger partial charge is 0.338 e. The van der Waals surface area contributed by atoms with E-state index in [9.17, 15) is 4.79 Å². The van der Waals surface area contributed by atoms with Gasteiger partial charge < -0.3 is 20.4 Å². The predicted octanol–water partition coefficient (Wildman–Crippen LogP) is 1.82. The fourth-order valence-electron chi connectivity index (χ4n) is 2.80. The minimum absolute atomic E-state index is 0.0777. The Morgan fingerprint density at radius 1 is 1.13 bits per heavy atom. The average Bonchev–Trinajstić information content (AvgIpc) is 2.54. The molecule has 2 amide bonds. The maximum atomic E-state index is 11.8. The van der Waals surface area contributed by atoms with Crippen molar-refractivity contribution in [3.63, 3.8) is 0 Å². The summed E-state index contributed by atoms with van der Waals surface area (Å²) >= 11 is 0. The lowest BCUT2D eigenvalue weighted by molar-refractivity contribution is 0.152. The van der Waals surface area contributed by atoms with Crippen molar-refractivity contribution in [3.05, 3.63) is 35.4 Å². The molecule has 0 aromatic heterocycles. The average molecular weight is 318 g/mol. The second-order valence-electron chi connectivity index (χ2n) is 6.45. The summed E-state index contributed by atoms with van der Waals surface area (Å²) in [6.45, 7) is 9.19. The highest BCUT2D eigenvalue weighted by molar-refractivity contribution is 5.73. The van der Waals surface area contributed by atoms with E-state index >= 15 is 0 Å². The molecule has 2 N–H and O–H groups in total. The first kappa shape index (κ1) is 17.8. The van der Waals surface area contributed by atoms with E-state index in [4.69, 9.17) is 0 Å². The molecule has 0 atom stereocenters. The number of carbonyl (C=O) groups excluding carboxylic acids is 1. The molecule has 0 bridgehead atoms. The van der Waals surface area contributed by atoms with E-state index in [0.717, 1.165) is 31.5 Å². The first-order chi connectivity index (χ1) is 11.1. The van der Waals surface area contributed by atoms with Crippen LogP contribution in [-0.4, -0.2) is 62.1 Å². The molecule has 0 unspecified atom stereocenters. The molecule has 1 saturated heterocycles. The van der Waals surface area contributed by atoms with Gasteiger partial charge in [0.1, 0.15) is 0 Å². The Balaban J connectivity index is 1.50. The van der Waals surface area contributed by atoms with Gasteiger partial charge in [-0.1, -0.05) is 29.8 Å². The highest BCUT2D eigenvalue weighted by atomic mass is 16.2. The quantitative estimate of drug-likeness (QED) is 0.754. The Kier molecular flexibility index (Phi) is 7.36.